The number of piperidine rings is 1. The summed E-state index contributed by atoms with van der Waals surface area (Å²) in [5, 5.41) is 11.2. The first-order valence-corrected chi connectivity index (χ1v) is 10.6. The SMILES string of the molecule is Cc1nc(CN2C3CCC2CC(NC(=O)c2cnc4onc(C)c4c2)C3)cs1. The highest BCUT2D eigenvalue weighted by molar-refractivity contribution is 7.09. The number of hydrogen-bond acceptors (Lipinski definition) is 7. The van der Waals surface area contributed by atoms with Gasteiger partial charge in [0.25, 0.3) is 11.6 Å². The van der Waals surface area contributed by atoms with Gasteiger partial charge < -0.3 is 9.84 Å². The third-order valence-electron chi connectivity index (χ3n) is 6.00. The number of hydrogen-bond donors (Lipinski definition) is 1. The summed E-state index contributed by atoms with van der Waals surface area (Å²) >= 11 is 1.71. The maximum Gasteiger partial charge on any atom is 0.257 e. The van der Waals surface area contributed by atoms with Gasteiger partial charge in [0.1, 0.15) is 0 Å². The Morgan fingerprint density at radius 1 is 1.32 bits per heavy atom. The number of carbonyl (C=O) groups excluding carboxylic acids is 1. The van der Waals surface area contributed by atoms with Gasteiger partial charge in [-0.2, -0.15) is 0 Å². The number of thiazole rings is 1. The fourth-order valence-corrected chi connectivity index (χ4v) is 5.26. The Morgan fingerprint density at radius 3 is 2.82 bits per heavy atom. The van der Waals surface area contributed by atoms with Crippen molar-refractivity contribution in [1.82, 2.24) is 25.3 Å². The second-order valence-corrected chi connectivity index (χ2v) is 8.96. The third kappa shape index (κ3) is 3.20. The second-order valence-electron chi connectivity index (χ2n) is 7.90. The molecule has 28 heavy (non-hydrogen) atoms. The smallest absolute Gasteiger partial charge is 0.257 e. The van der Waals surface area contributed by atoms with Crippen LogP contribution in [0.25, 0.3) is 11.1 Å². The molecule has 2 unspecified atom stereocenters. The first-order chi connectivity index (χ1) is 13.6. The van der Waals surface area contributed by atoms with Crippen LogP contribution in [0.1, 0.15) is 52.4 Å². The molecule has 2 saturated heterocycles. The van der Waals surface area contributed by atoms with E-state index in [9.17, 15) is 4.79 Å². The van der Waals surface area contributed by atoms with Gasteiger partial charge in [-0.05, 0) is 45.6 Å². The topological polar surface area (TPSA) is 84.2 Å². The molecule has 3 aromatic heterocycles. The molecular formula is C20H23N5O2S. The molecule has 3 aromatic rings. The Labute approximate surface area is 167 Å². The van der Waals surface area contributed by atoms with E-state index in [-0.39, 0.29) is 11.9 Å². The molecule has 2 bridgehead atoms. The summed E-state index contributed by atoms with van der Waals surface area (Å²) in [6.45, 7) is 4.83. The van der Waals surface area contributed by atoms with Gasteiger partial charge in [0.05, 0.1) is 27.3 Å². The van der Waals surface area contributed by atoms with E-state index in [4.69, 9.17) is 4.52 Å². The summed E-state index contributed by atoms with van der Waals surface area (Å²) in [4.78, 5) is 24.2. The summed E-state index contributed by atoms with van der Waals surface area (Å²) in [6, 6.07) is 3.06. The molecule has 5 heterocycles. The molecule has 0 saturated carbocycles. The van der Waals surface area contributed by atoms with E-state index in [1.54, 1.807) is 17.5 Å². The number of nitrogens with zero attached hydrogens (tertiary/aromatic N) is 4. The zero-order valence-corrected chi connectivity index (χ0v) is 16.8. The number of aromatic nitrogens is 3. The van der Waals surface area contributed by atoms with E-state index in [0.717, 1.165) is 35.5 Å². The van der Waals surface area contributed by atoms with Gasteiger partial charge in [0.15, 0.2) is 0 Å². The van der Waals surface area contributed by atoms with Crippen molar-refractivity contribution in [2.75, 3.05) is 0 Å². The standard InChI is InChI=1S/C20H23N5O2S/c1-11-18-5-13(8-21-20(18)27-24-11)19(26)23-14-6-16-3-4-17(7-14)25(16)9-15-10-28-12(2)22-15/h5,8,10,14,16-17H,3-4,6-7,9H2,1-2H3,(H,23,26). The van der Waals surface area contributed by atoms with Crippen LogP contribution < -0.4 is 5.32 Å². The van der Waals surface area contributed by atoms with Crippen LogP contribution in [0, 0.1) is 13.8 Å². The molecule has 5 rings (SSSR count). The van der Waals surface area contributed by atoms with Crippen LogP contribution in [0.3, 0.4) is 0 Å². The Bertz CT molecular complexity index is 1010. The first-order valence-electron chi connectivity index (χ1n) is 9.76. The Hall–Kier alpha value is -2.32. The molecule has 2 aliphatic rings. The molecule has 0 aromatic carbocycles. The van der Waals surface area contributed by atoms with Crippen LogP contribution in [-0.4, -0.2) is 44.1 Å². The van der Waals surface area contributed by atoms with Gasteiger partial charge in [-0.1, -0.05) is 5.16 Å². The molecule has 0 aliphatic carbocycles. The summed E-state index contributed by atoms with van der Waals surface area (Å²) in [6.07, 6.45) is 5.96. The maximum atomic E-state index is 12.8. The van der Waals surface area contributed by atoms with Gasteiger partial charge in [0, 0.05) is 36.2 Å². The average molecular weight is 398 g/mol. The Balaban J connectivity index is 1.25. The van der Waals surface area contributed by atoms with Crippen molar-refractivity contribution in [3.63, 3.8) is 0 Å². The number of carbonyl (C=O) groups is 1. The van der Waals surface area contributed by atoms with Crippen molar-refractivity contribution in [3.8, 4) is 0 Å². The van der Waals surface area contributed by atoms with Crippen molar-refractivity contribution in [3.05, 3.63) is 39.6 Å². The number of nitrogens with one attached hydrogen (secondary N) is 1. The van der Waals surface area contributed by atoms with E-state index < -0.39 is 0 Å². The molecule has 7 nitrogen and oxygen atoms in total. The third-order valence-corrected chi connectivity index (χ3v) is 6.83. The lowest BCUT2D eigenvalue weighted by molar-refractivity contribution is 0.0824. The fraction of sp³-hybridized carbons (Fsp3) is 0.500. The monoisotopic (exact) mass is 397 g/mol. The molecular weight excluding hydrogens is 374 g/mol. The number of amides is 1. The highest BCUT2D eigenvalue weighted by Crippen LogP contribution is 2.37. The summed E-state index contributed by atoms with van der Waals surface area (Å²) in [5.41, 5.74) is 2.95. The van der Waals surface area contributed by atoms with Crippen LogP contribution in [0.15, 0.2) is 22.2 Å². The van der Waals surface area contributed by atoms with Gasteiger partial charge in [-0.25, -0.2) is 9.97 Å². The second kappa shape index (κ2) is 6.93. The van der Waals surface area contributed by atoms with Gasteiger partial charge in [-0.3, -0.25) is 9.69 Å². The van der Waals surface area contributed by atoms with E-state index >= 15 is 0 Å². The number of pyridine rings is 1. The summed E-state index contributed by atoms with van der Waals surface area (Å²) in [7, 11) is 0. The largest absolute Gasteiger partial charge is 0.349 e. The van der Waals surface area contributed by atoms with E-state index in [1.165, 1.54) is 18.5 Å². The highest BCUT2D eigenvalue weighted by atomic mass is 32.1. The van der Waals surface area contributed by atoms with E-state index in [0.29, 0.717) is 23.4 Å². The normalized spacial score (nSPS) is 24.7. The zero-order chi connectivity index (χ0) is 19.3. The van der Waals surface area contributed by atoms with Crippen molar-refractivity contribution in [1.29, 1.82) is 0 Å². The van der Waals surface area contributed by atoms with Gasteiger partial charge >= 0.3 is 0 Å². The van der Waals surface area contributed by atoms with Gasteiger partial charge in [0.2, 0.25) is 0 Å². The minimum atomic E-state index is -0.0667. The molecule has 8 heteroatoms. The lowest BCUT2D eigenvalue weighted by atomic mass is 9.96. The highest BCUT2D eigenvalue weighted by Gasteiger charge is 2.41. The lowest BCUT2D eigenvalue weighted by Crippen LogP contribution is -2.50. The molecule has 2 aliphatic heterocycles. The minimum absolute atomic E-state index is 0.0667. The van der Waals surface area contributed by atoms with Crippen LogP contribution in [0.5, 0.6) is 0 Å². The maximum absolute atomic E-state index is 12.8. The van der Waals surface area contributed by atoms with Gasteiger partial charge in [-0.15, -0.1) is 11.3 Å². The quantitative estimate of drug-likeness (QED) is 0.728. The fourth-order valence-electron chi connectivity index (χ4n) is 4.66. The molecule has 1 N–H and O–H groups in total. The predicted octanol–water partition coefficient (Wildman–Crippen LogP) is 3.22. The first kappa shape index (κ1) is 17.8. The van der Waals surface area contributed by atoms with Crippen LogP contribution in [0.2, 0.25) is 0 Å². The van der Waals surface area contributed by atoms with Crippen LogP contribution in [0.4, 0.5) is 0 Å². The molecule has 146 valence electrons. The number of rotatable bonds is 4. The predicted molar refractivity (Wildman–Crippen MR) is 106 cm³/mol. The molecule has 2 fully saturated rings. The molecule has 2 atom stereocenters. The summed E-state index contributed by atoms with van der Waals surface area (Å²) in [5.74, 6) is -0.0667. The molecule has 0 radical (unpaired) electrons. The zero-order valence-electron chi connectivity index (χ0n) is 16.0. The molecule has 0 spiro atoms. The summed E-state index contributed by atoms with van der Waals surface area (Å²) < 4.78 is 5.13. The van der Waals surface area contributed by atoms with Crippen molar-refractivity contribution >= 4 is 28.3 Å². The van der Waals surface area contributed by atoms with E-state index in [1.807, 2.05) is 13.0 Å². The number of aryl methyl sites for hydroxylation is 2. The van der Waals surface area contributed by atoms with Crippen LogP contribution in [-0.2, 0) is 6.54 Å². The van der Waals surface area contributed by atoms with Crippen molar-refractivity contribution in [2.45, 2.75) is 64.2 Å². The van der Waals surface area contributed by atoms with Crippen molar-refractivity contribution < 1.29 is 9.32 Å². The Morgan fingerprint density at radius 2 is 2.11 bits per heavy atom. The van der Waals surface area contributed by atoms with Crippen molar-refractivity contribution in [2.24, 2.45) is 0 Å². The number of fused-ring (bicyclic) bond motifs is 3. The van der Waals surface area contributed by atoms with E-state index in [2.05, 4.69) is 37.6 Å². The Kier molecular flexibility index (Phi) is 4.40. The average Bonchev–Trinajstić information content (AvgIpc) is 3.32. The lowest BCUT2D eigenvalue weighted by Gasteiger charge is -2.38. The van der Waals surface area contributed by atoms with Crippen LogP contribution >= 0.6 is 11.3 Å². The molecule has 1 amide bonds. The minimum Gasteiger partial charge on any atom is -0.349 e.